The summed E-state index contributed by atoms with van der Waals surface area (Å²) in [5.41, 5.74) is 6.86. The van der Waals surface area contributed by atoms with Gasteiger partial charge in [-0.2, -0.15) is 0 Å². The first-order chi connectivity index (χ1) is 9.72. The smallest absolute Gasteiger partial charge is 0.255 e. The van der Waals surface area contributed by atoms with E-state index in [1.54, 1.807) is 18.2 Å². The van der Waals surface area contributed by atoms with Crippen molar-refractivity contribution in [3.63, 3.8) is 0 Å². The Labute approximate surface area is 120 Å². The van der Waals surface area contributed by atoms with E-state index < -0.39 is 0 Å². The van der Waals surface area contributed by atoms with Gasteiger partial charge in [0.1, 0.15) is 0 Å². The summed E-state index contributed by atoms with van der Waals surface area (Å²) in [6.07, 6.45) is 8.39. The zero-order valence-electron chi connectivity index (χ0n) is 12.2. The third-order valence-electron chi connectivity index (χ3n) is 3.93. The van der Waals surface area contributed by atoms with Crippen molar-refractivity contribution in [1.29, 1.82) is 0 Å². The van der Waals surface area contributed by atoms with Gasteiger partial charge in [-0.25, -0.2) is 0 Å². The molecule has 0 saturated heterocycles. The van der Waals surface area contributed by atoms with Crippen LogP contribution in [0.4, 0.5) is 5.69 Å². The average molecular weight is 276 g/mol. The lowest BCUT2D eigenvalue weighted by Gasteiger charge is -2.21. The molecule has 1 amide bonds. The van der Waals surface area contributed by atoms with Crippen LogP contribution in [0.3, 0.4) is 0 Å². The van der Waals surface area contributed by atoms with Crippen molar-refractivity contribution in [2.75, 3.05) is 12.8 Å². The second kappa shape index (κ2) is 7.17. The molecule has 1 aliphatic carbocycles. The Bertz CT molecular complexity index is 452. The molecule has 1 saturated carbocycles. The number of amides is 1. The van der Waals surface area contributed by atoms with Crippen LogP contribution < -0.4 is 15.8 Å². The van der Waals surface area contributed by atoms with Crippen molar-refractivity contribution in [3.8, 4) is 5.75 Å². The number of ether oxygens (including phenoxy) is 1. The highest BCUT2D eigenvalue weighted by atomic mass is 16.5. The molecule has 0 aromatic heterocycles. The lowest BCUT2D eigenvalue weighted by atomic mass is 9.96. The van der Waals surface area contributed by atoms with Crippen LogP contribution in [0, 0.1) is 0 Å². The Morgan fingerprint density at radius 1 is 1.20 bits per heavy atom. The topological polar surface area (TPSA) is 64.3 Å². The first-order valence-electron chi connectivity index (χ1n) is 7.45. The van der Waals surface area contributed by atoms with E-state index in [9.17, 15) is 4.79 Å². The number of carbonyl (C=O) groups is 1. The van der Waals surface area contributed by atoms with Crippen molar-refractivity contribution in [2.45, 2.75) is 51.0 Å². The Hall–Kier alpha value is -1.71. The van der Waals surface area contributed by atoms with Crippen molar-refractivity contribution < 1.29 is 9.53 Å². The summed E-state index contributed by atoms with van der Waals surface area (Å²) in [6.45, 7) is 0. The lowest BCUT2D eigenvalue weighted by Crippen LogP contribution is -2.35. The van der Waals surface area contributed by atoms with Gasteiger partial charge >= 0.3 is 0 Å². The number of benzene rings is 1. The quantitative estimate of drug-likeness (QED) is 0.834. The van der Waals surface area contributed by atoms with Crippen molar-refractivity contribution in [1.82, 2.24) is 5.32 Å². The molecule has 0 atom stereocenters. The molecule has 0 unspecified atom stereocenters. The molecule has 0 bridgehead atoms. The van der Waals surface area contributed by atoms with E-state index in [0.29, 0.717) is 17.0 Å². The number of methoxy groups -OCH3 is 1. The summed E-state index contributed by atoms with van der Waals surface area (Å²) in [6, 6.07) is 5.55. The van der Waals surface area contributed by atoms with E-state index in [2.05, 4.69) is 5.32 Å². The van der Waals surface area contributed by atoms with Gasteiger partial charge < -0.3 is 15.8 Å². The highest BCUT2D eigenvalue weighted by molar-refractivity contribution is 5.98. The SMILES string of the molecule is COc1c(N)cccc1C(=O)NC1CCCCCCC1. The molecule has 4 nitrogen and oxygen atoms in total. The molecule has 2 rings (SSSR count). The van der Waals surface area contributed by atoms with Gasteiger partial charge in [-0.15, -0.1) is 0 Å². The second-order valence-corrected chi connectivity index (χ2v) is 5.44. The van der Waals surface area contributed by atoms with Crippen LogP contribution in [-0.2, 0) is 0 Å². The summed E-state index contributed by atoms with van der Waals surface area (Å²) in [7, 11) is 1.54. The summed E-state index contributed by atoms with van der Waals surface area (Å²) >= 11 is 0. The van der Waals surface area contributed by atoms with E-state index in [1.807, 2.05) is 0 Å². The van der Waals surface area contributed by atoms with Gasteiger partial charge in [0, 0.05) is 6.04 Å². The monoisotopic (exact) mass is 276 g/mol. The number of carbonyl (C=O) groups excluding carboxylic acids is 1. The van der Waals surface area contributed by atoms with E-state index in [4.69, 9.17) is 10.5 Å². The molecule has 0 aliphatic heterocycles. The van der Waals surface area contributed by atoms with Crippen LogP contribution >= 0.6 is 0 Å². The predicted molar refractivity (Wildman–Crippen MR) is 81.0 cm³/mol. The zero-order chi connectivity index (χ0) is 14.4. The number of hydrogen-bond donors (Lipinski definition) is 2. The number of hydrogen-bond acceptors (Lipinski definition) is 3. The molecular weight excluding hydrogens is 252 g/mol. The summed E-state index contributed by atoms with van der Waals surface area (Å²) in [4.78, 5) is 12.4. The number of para-hydroxylation sites is 1. The zero-order valence-corrected chi connectivity index (χ0v) is 12.2. The molecule has 1 aromatic rings. The molecule has 3 N–H and O–H groups in total. The van der Waals surface area contributed by atoms with Crippen LogP contribution in [0.15, 0.2) is 18.2 Å². The summed E-state index contributed by atoms with van der Waals surface area (Å²) in [5, 5.41) is 3.13. The van der Waals surface area contributed by atoms with Gasteiger partial charge in [0.15, 0.2) is 5.75 Å². The third-order valence-corrected chi connectivity index (χ3v) is 3.93. The average Bonchev–Trinajstić information content (AvgIpc) is 2.41. The van der Waals surface area contributed by atoms with Gasteiger partial charge in [-0.1, -0.05) is 38.2 Å². The maximum absolute atomic E-state index is 12.4. The number of nitrogens with one attached hydrogen (secondary N) is 1. The lowest BCUT2D eigenvalue weighted by molar-refractivity contribution is 0.0927. The normalized spacial score (nSPS) is 17.1. The predicted octanol–water partition coefficient (Wildman–Crippen LogP) is 3.12. The third kappa shape index (κ3) is 3.65. The fourth-order valence-corrected chi connectivity index (χ4v) is 2.83. The minimum absolute atomic E-state index is 0.0836. The molecular formula is C16H24N2O2. The van der Waals surface area contributed by atoms with Crippen molar-refractivity contribution >= 4 is 11.6 Å². The number of nitrogen functional groups attached to an aromatic ring is 1. The van der Waals surface area contributed by atoms with Crippen molar-refractivity contribution in [2.24, 2.45) is 0 Å². The Balaban J connectivity index is 2.05. The molecule has 4 heteroatoms. The van der Waals surface area contributed by atoms with Gasteiger partial charge in [-0.05, 0) is 25.0 Å². The Morgan fingerprint density at radius 3 is 2.50 bits per heavy atom. The number of anilines is 1. The molecule has 20 heavy (non-hydrogen) atoms. The van der Waals surface area contributed by atoms with E-state index in [-0.39, 0.29) is 11.9 Å². The maximum atomic E-state index is 12.4. The molecule has 0 heterocycles. The first kappa shape index (κ1) is 14.7. The minimum Gasteiger partial charge on any atom is -0.494 e. The fraction of sp³-hybridized carbons (Fsp3) is 0.562. The van der Waals surface area contributed by atoms with Crippen LogP contribution in [0.25, 0.3) is 0 Å². The standard InChI is InChI=1S/C16H24N2O2/c1-20-15-13(10-7-11-14(15)17)16(19)18-12-8-5-3-2-4-6-9-12/h7,10-12H,2-6,8-9,17H2,1H3,(H,18,19). The van der Waals surface area contributed by atoms with Crippen LogP contribution in [0.5, 0.6) is 5.75 Å². The van der Waals surface area contributed by atoms with E-state index >= 15 is 0 Å². The molecule has 1 aliphatic rings. The highest BCUT2D eigenvalue weighted by Crippen LogP contribution is 2.26. The van der Waals surface area contributed by atoms with Gasteiger partial charge in [0.05, 0.1) is 18.4 Å². The van der Waals surface area contributed by atoms with Gasteiger partial charge in [0.2, 0.25) is 0 Å². The maximum Gasteiger partial charge on any atom is 0.255 e. The first-order valence-corrected chi connectivity index (χ1v) is 7.45. The molecule has 1 aromatic carbocycles. The second-order valence-electron chi connectivity index (χ2n) is 5.44. The fourth-order valence-electron chi connectivity index (χ4n) is 2.83. The summed E-state index contributed by atoms with van der Waals surface area (Å²) in [5.74, 6) is 0.385. The van der Waals surface area contributed by atoms with Crippen LogP contribution in [0.2, 0.25) is 0 Å². The Morgan fingerprint density at radius 2 is 1.85 bits per heavy atom. The highest BCUT2D eigenvalue weighted by Gasteiger charge is 2.18. The van der Waals surface area contributed by atoms with Crippen LogP contribution in [-0.4, -0.2) is 19.1 Å². The van der Waals surface area contributed by atoms with Crippen molar-refractivity contribution in [3.05, 3.63) is 23.8 Å². The molecule has 0 spiro atoms. The van der Waals surface area contributed by atoms with Gasteiger partial charge in [-0.3, -0.25) is 4.79 Å². The Kier molecular flexibility index (Phi) is 5.27. The molecule has 0 radical (unpaired) electrons. The minimum atomic E-state index is -0.0836. The number of nitrogens with two attached hydrogens (primary N) is 1. The molecule has 1 fully saturated rings. The number of rotatable bonds is 3. The molecule has 110 valence electrons. The van der Waals surface area contributed by atoms with Crippen LogP contribution in [0.1, 0.15) is 55.3 Å². The van der Waals surface area contributed by atoms with E-state index in [0.717, 1.165) is 12.8 Å². The summed E-state index contributed by atoms with van der Waals surface area (Å²) < 4.78 is 5.25. The van der Waals surface area contributed by atoms with E-state index in [1.165, 1.54) is 39.2 Å². The van der Waals surface area contributed by atoms with Gasteiger partial charge in [0.25, 0.3) is 5.91 Å². The largest absolute Gasteiger partial charge is 0.494 e.